The fourth-order valence-corrected chi connectivity index (χ4v) is 6.06. The molecule has 0 bridgehead atoms. The SMILES string of the molecule is CS(=O)(=O)N1CCCC(C(=O)Nc2nc3c(s2)-c2cccc4cccc-3c24)C1. The van der Waals surface area contributed by atoms with E-state index in [0.717, 1.165) is 21.7 Å². The summed E-state index contributed by atoms with van der Waals surface area (Å²) in [5.41, 5.74) is 3.16. The molecular weight excluding hydrogens is 394 g/mol. The van der Waals surface area contributed by atoms with Crippen LogP contribution >= 0.6 is 11.3 Å². The number of rotatable bonds is 3. The van der Waals surface area contributed by atoms with E-state index in [4.69, 9.17) is 0 Å². The predicted molar refractivity (Wildman–Crippen MR) is 112 cm³/mol. The number of aromatic nitrogens is 1. The zero-order chi connectivity index (χ0) is 19.5. The van der Waals surface area contributed by atoms with Crippen LogP contribution in [0.15, 0.2) is 36.4 Å². The van der Waals surface area contributed by atoms with E-state index in [0.29, 0.717) is 24.5 Å². The van der Waals surface area contributed by atoms with Crippen molar-refractivity contribution in [2.75, 3.05) is 24.7 Å². The lowest BCUT2D eigenvalue weighted by Gasteiger charge is -2.29. The fraction of sp³-hybridized carbons (Fsp3) is 0.300. The summed E-state index contributed by atoms with van der Waals surface area (Å²) in [5.74, 6) is -0.509. The molecule has 6 nitrogen and oxygen atoms in total. The van der Waals surface area contributed by atoms with Gasteiger partial charge in [-0.3, -0.25) is 4.79 Å². The lowest BCUT2D eigenvalue weighted by Crippen LogP contribution is -2.43. The number of thiazole rings is 1. The molecule has 0 saturated carbocycles. The standard InChI is InChI=1S/C20H19N3O3S2/c1-28(25,26)23-10-4-7-13(11-23)19(24)22-20-21-17-14-8-2-5-12-6-3-9-15(16(12)14)18(17)27-20/h2-3,5-6,8-9,13H,4,7,10-11H2,1H3,(H,21,22,24). The Bertz CT molecular complexity index is 1160. The molecule has 28 heavy (non-hydrogen) atoms. The first-order valence-electron chi connectivity index (χ1n) is 9.21. The lowest BCUT2D eigenvalue weighted by molar-refractivity contribution is -0.120. The summed E-state index contributed by atoms with van der Waals surface area (Å²) in [4.78, 5) is 18.5. The number of anilines is 1. The third kappa shape index (κ3) is 2.83. The van der Waals surface area contributed by atoms with Crippen molar-refractivity contribution in [3.05, 3.63) is 36.4 Å². The second-order valence-corrected chi connectivity index (χ2v) is 10.3. The molecule has 1 aliphatic carbocycles. The number of nitrogens with one attached hydrogen (secondary N) is 1. The molecule has 3 aromatic rings. The van der Waals surface area contributed by atoms with Crippen molar-refractivity contribution in [2.45, 2.75) is 12.8 Å². The molecule has 1 amide bonds. The van der Waals surface area contributed by atoms with Gasteiger partial charge >= 0.3 is 0 Å². The van der Waals surface area contributed by atoms with Gasteiger partial charge in [0.1, 0.15) is 0 Å². The Kier molecular flexibility index (Phi) is 4.04. The highest BCUT2D eigenvalue weighted by Crippen LogP contribution is 2.50. The van der Waals surface area contributed by atoms with E-state index in [1.807, 2.05) is 12.1 Å². The van der Waals surface area contributed by atoms with Gasteiger partial charge in [0.05, 0.1) is 22.7 Å². The van der Waals surface area contributed by atoms with Crippen molar-refractivity contribution in [3.63, 3.8) is 0 Å². The first kappa shape index (κ1) is 17.8. The molecule has 5 rings (SSSR count). The Hall–Kier alpha value is -2.29. The highest BCUT2D eigenvalue weighted by molar-refractivity contribution is 7.88. The van der Waals surface area contributed by atoms with Crippen LogP contribution in [0.4, 0.5) is 5.13 Å². The van der Waals surface area contributed by atoms with Crippen LogP contribution < -0.4 is 5.32 Å². The van der Waals surface area contributed by atoms with Crippen LogP contribution in [0.5, 0.6) is 0 Å². The van der Waals surface area contributed by atoms with Crippen molar-refractivity contribution < 1.29 is 13.2 Å². The van der Waals surface area contributed by atoms with Gasteiger partial charge in [-0.05, 0) is 23.6 Å². The minimum Gasteiger partial charge on any atom is -0.302 e. The maximum absolute atomic E-state index is 12.7. The van der Waals surface area contributed by atoms with Gasteiger partial charge in [-0.1, -0.05) is 47.7 Å². The molecule has 1 saturated heterocycles. The van der Waals surface area contributed by atoms with Crippen molar-refractivity contribution in [1.29, 1.82) is 0 Å². The topological polar surface area (TPSA) is 79.4 Å². The van der Waals surface area contributed by atoms with E-state index in [1.165, 1.54) is 32.7 Å². The number of carbonyl (C=O) groups excluding carboxylic acids is 1. The fourth-order valence-electron chi connectivity index (χ4n) is 4.13. The maximum Gasteiger partial charge on any atom is 0.230 e. The van der Waals surface area contributed by atoms with Gasteiger partial charge in [-0.2, -0.15) is 0 Å². The monoisotopic (exact) mass is 413 g/mol. The largest absolute Gasteiger partial charge is 0.302 e. The van der Waals surface area contributed by atoms with Crippen LogP contribution in [-0.2, 0) is 14.8 Å². The number of amides is 1. The highest BCUT2D eigenvalue weighted by Gasteiger charge is 2.31. The third-order valence-corrected chi connectivity index (χ3v) is 7.76. The van der Waals surface area contributed by atoms with Crippen LogP contribution in [-0.4, -0.2) is 43.0 Å². The number of hydrogen-bond acceptors (Lipinski definition) is 5. The Morgan fingerprint density at radius 2 is 1.96 bits per heavy atom. The number of nitrogens with zero attached hydrogens (tertiary/aromatic N) is 2. The van der Waals surface area contributed by atoms with E-state index < -0.39 is 10.0 Å². The molecule has 1 aliphatic heterocycles. The van der Waals surface area contributed by atoms with Gasteiger partial charge in [-0.25, -0.2) is 17.7 Å². The molecule has 1 aromatic heterocycles. The van der Waals surface area contributed by atoms with E-state index in [-0.39, 0.29) is 18.4 Å². The number of benzene rings is 2. The summed E-state index contributed by atoms with van der Waals surface area (Å²) < 4.78 is 25.0. The van der Waals surface area contributed by atoms with E-state index in [1.54, 1.807) is 0 Å². The molecule has 8 heteroatoms. The van der Waals surface area contributed by atoms with Crippen molar-refractivity contribution >= 4 is 43.2 Å². The van der Waals surface area contributed by atoms with E-state index >= 15 is 0 Å². The summed E-state index contributed by atoms with van der Waals surface area (Å²) in [6, 6.07) is 12.4. The van der Waals surface area contributed by atoms with Crippen LogP contribution in [0.25, 0.3) is 32.5 Å². The minimum atomic E-state index is -3.28. The van der Waals surface area contributed by atoms with Crippen LogP contribution in [0.3, 0.4) is 0 Å². The van der Waals surface area contributed by atoms with Crippen LogP contribution in [0.1, 0.15) is 12.8 Å². The molecular formula is C20H19N3O3S2. The molecule has 1 fully saturated rings. The summed E-state index contributed by atoms with van der Waals surface area (Å²) in [6.45, 7) is 0.715. The second-order valence-electron chi connectivity index (χ2n) is 7.36. The molecule has 1 N–H and O–H groups in total. The van der Waals surface area contributed by atoms with Crippen molar-refractivity contribution in [3.8, 4) is 21.7 Å². The summed E-state index contributed by atoms with van der Waals surface area (Å²) in [5, 5.41) is 5.89. The zero-order valence-corrected chi connectivity index (χ0v) is 16.9. The van der Waals surface area contributed by atoms with Crippen molar-refractivity contribution in [1.82, 2.24) is 9.29 Å². The molecule has 0 spiro atoms. The molecule has 1 atom stereocenters. The average Bonchev–Trinajstić information content (AvgIpc) is 3.21. The Balaban J connectivity index is 1.40. The highest BCUT2D eigenvalue weighted by atomic mass is 32.2. The van der Waals surface area contributed by atoms with Crippen LogP contribution in [0, 0.1) is 5.92 Å². The second kappa shape index (κ2) is 6.37. The predicted octanol–water partition coefficient (Wildman–Crippen LogP) is 3.55. The number of piperidine rings is 1. The first-order chi connectivity index (χ1) is 13.4. The molecule has 1 unspecified atom stereocenters. The van der Waals surface area contributed by atoms with E-state index in [2.05, 4.69) is 34.6 Å². The minimum absolute atomic E-state index is 0.160. The molecule has 0 radical (unpaired) electrons. The van der Waals surface area contributed by atoms with Crippen LogP contribution in [0.2, 0.25) is 0 Å². The average molecular weight is 414 g/mol. The van der Waals surface area contributed by atoms with E-state index in [9.17, 15) is 13.2 Å². The van der Waals surface area contributed by atoms with Gasteiger partial charge < -0.3 is 5.32 Å². The van der Waals surface area contributed by atoms with Crippen molar-refractivity contribution in [2.24, 2.45) is 5.92 Å². The molecule has 2 heterocycles. The summed E-state index contributed by atoms with van der Waals surface area (Å²) in [7, 11) is -3.28. The molecule has 2 aromatic carbocycles. The number of fused-ring (bicyclic) bond motifs is 3. The summed E-state index contributed by atoms with van der Waals surface area (Å²) >= 11 is 1.48. The number of carbonyl (C=O) groups is 1. The Labute approximate surface area is 167 Å². The van der Waals surface area contributed by atoms with Gasteiger partial charge in [-0.15, -0.1) is 0 Å². The van der Waals surface area contributed by atoms with Gasteiger partial charge in [0, 0.05) is 24.2 Å². The Morgan fingerprint density at radius 1 is 1.21 bits per heavy atom. The number of hydrogen-bond donors (Lipinski definition) is 1. The normalized spacial score (nSPS) is 19.0. The third-order valence-electron chi connectivity index (χ3n) is 5.49. The lowest BCUT2D eigenvalue weighted by atomic mass is 9.99. The quantitative estimate of drug-likeness (QED) is 0.557. The smallest absolute Gasteiger partial charge is 0.230 e. The first-order valence-corrected chi connectivity index (χ1v) is 11.9. The van der Waals surface area contributed by atoms with Gasteiger partial charge in [0.25, 0.3) is 0 Å². The van der Waals surface area contributed by atoms with Gasteiger partial charge in [0.2, 0.25) is 15.9 Å². The molecule has 2 aliphatic rings. The zero-order valence-electron chi connectivity index (χ0n) is 15.3. The summed E-state index contributed by atoms with van der Waals surface area (Å²) in [6.07, 6.45) is 2.57. The maximum atomic E-state index is 12.7. The number of sulfonamides is 1. The van der Waals surface area contributed by atoms with Gasteiger partial charge in [0.15, 0.2) is 5.13 Å². The Morgan fingerprint density at radius 3 is 2.71 bits per heavy atom. The molecule has 144 valence electrons.